The summed E-state index contributed by atoms with van der Waals surface area (Å²) in [5.41, 5.74) is 0. The van der Waals surface area contributed by atoms with Crippen LogP contribution in [0.25, 0.3) is 0 Å². The maximum absolute atomic E-state index is 4.88. The summed E-state index contributed by atoms with van der Waals surface area (Å²) < 4.78 is -0.0579. The normalized spacial score (nSPS) is 20.3. The zero-order valence-corrected chi connectivity index (χ0v) is 7.55. The predicted molar refractivity (Wildman–Crippen MR) is 39.3 cm³/mol. The van der Waals surface area contributed by atoms with Crippen LogP contribution >= 0.6 is 0 Å². The fourth-order valence-corrected chi connectivity index (χ4v) is 1.37. The molecule has 57 valence electrons. The van der Waals surface area contributed by atoms with Crippen molar-refractivity contribution in [1.82, 2.24) is 4.90 Å². The average Bonchev–Trinajstić information content (AvgIpc) is 2.12. The van der Waals surface area contributed by atoms with Crippen LogP contribution in [0, 0.1) is 0 Å². The maximum atomic E-state index is 4.88. The van der Waals surface area contributed by atoms with E-state index in [2.05, 4.69) is 4.90 Å². The van der Waals surface area contributed by atoms with Crippen LogP contribution in [0.4, 0.5) is 0 Å². The van der Waals surface area contributed by atoms with E-state index in [-0.39, 0.29) is 21.8 Å². The van der Waals surface area contributed by atoms with Gasteiger partial charge in [0.15, 0.2) is 0 Å². The van der Waals surface area contributed by atoms with Gasteiger partial charge in [-0.2, -0.15) is 0 Å². The summed E-state index contributed by atoms with van der Waals surface area (Å²) in [6, 6.07) is 0. The van der Waals surface area contributed by atoms with E-state index in [0.717, 1.165) is 13.1 Å². The SMILES string of the molecule is [Cu+2].[S-]C([S-])N1CCCC1. The number of rotatable bonds is 1. The standard InChI is InChI=1S/C5H11NS2.Cu/c7-5(8)6-3-1-2-4-6;/h5,7-8H,1-4H2;/q;+2/p-2. The summed E-state index contributed by atoms with van der Waals surface area (Å²) >= 11 is 9.76. The molecule has 4 heteroatoms. The molecule has 1 heterocycles. The smallest absolute Gasteiger partial charge is 0.800 e. The summed E-state index contributed by atoms with van der Waals surface area (Å²) in [5, 5.41) is 0. The molecular formula is C5H9CuNS2. The molecule has 0 saturated carbocycles. The van der Waals surface area contributed by atoms with Crippen LogP contribution in [-0.2, 0) is 42.3 Å². The van der Waals surface area contributed by atoms with Gasteiger partial charge in [0.25, 0.3) is 0 Å². The third-order valence-corrected chi connectivity index (χ3v) is 2.04. The van der Waals surface area contributed by atoms with Crippen molar-refractivity contribution in [3.05, 3.63) is 0 Å². The Hall–Kier alpha value is 1.18. The van der Waals surface area contributed by atoms with Crippen molar-refractivity contribution < 1.29 is 17.1 Å². The minimum Gasteiger partial charge on any atom is -0.800 e. The topological polar surface area (TPSA) is 3.24 Å². The Morgan fingerprint density at radius 3 is 1.78 bits per heavy atom. The molecule has 0 aromatic carbocycles. The van der Waals surface area contributed by atoms with Crippen LogP contribution in [0.2, 0.25) is 0 Å². The Kier molecular flexibility index (Phi) is 5.56. The molecule has 0 unspecified atom stereocenters. The number of nitrogens with zero attached hydrogens (tertiary/aromatic N) is 1. The Bertz CT molecular complexity index is 73.4. The van der Waals surface area contributed by atoms with E-state index in [1.54, 1.807) is 0 Å². The molecule has 0 aromatic heterocycles. The first-order valence-electron chi connectivity index (χ1n) is 2.86. The monoisotopic (exact) mass is 210 g/mol. The Balaban J connectivity index is 0.000000640. The minimum atomic E-state index is -0.0579. The van der Waals surface area contributed by atoms with E-state index in [1.807, 2.05) is 0 Å². The van der Waals surface area contributed by atoms with Gasteiger partial charge in [-0.05, 0) is 25.9 Å². The molecule has 1 aliphatic heterocycles. The molecule has 1 rings (SSSR count). The second-order valence-electron chi connectivity index (χ2n) is 2.05. The van der Waals surface area contributed by atoms with Crippen molar-refractivity contribution >= 4 is 25.3 Å². The summed E-state index contributed by atoms with van der Waals surface area (Å²) in [4.78, 5) is 2.16. The molecule has 0 spiro atoms. The molecule has 0 N–H and O–H groups in total. The van der Waals surface area contributed by atoms with Gasteiger partial charge in [-0.3, -0.25) is 0 Å². The first-order chi connectivity index (χ1) is 3.80. The van der Waals surface area contributed by atoms with Crippen molar-refractivity contribution in [3.8, 4) is 0 Å². The van der Waals surface area contributed by atoms with Crippen molar-refractivity contribution in [2.24, 2.45) is 0 Å². The molecule has 0 aromatic rings. The van der Waals surface area contributed by atoms with E-state index >= 15 is 0 Å². The number of hydrogen-bond acceptors (Lipinski definition) is 3. The van der Waals surface area contributed by atoms with Crippen molar-refractivity contribution in [1.29, 1.82) is 0 Å². The zero-order chi connectivity index (χ0) is 5.98. The third-order valence-electron chi connectivity index (χ3n) is 1.44. The zero-order valence-electron chi connectivity index (χ0n) is 4.97. The second kappa shape index (κ2) is 4.91. The molecule has 9 heavy (non-hydrogen) atoms. The molecule has 1 nitrogen and oxygen atoms in total. The van der Waals surface area contributed by atoms with Gasteiger partial charge in [0, 0.05) is 0 Å². The van der Waals surface area contributed by atoms with Gasteiger partial charge < -0.3 is 30.2 Å². The van der Waals surface area contributed by atoms with Crippen LogP contribution in [0.15, 0.2) is 0 Å². The molecule has 1 saturated heterocycles. The van der Waals surface area contributed by atoms with Gasteiger partial charge in [-0.1, -0.05) is 0 Å². The third kappa shape index (κ3) is 3.19. The van der Waals surface area contributed by atoms with Crippen LogP contribution in [0.1, 0.15) is 12.8 Å². The van der Waals surface area contributed by atoms with E-state index in [1.165, 1.54) is 12.8 Å². The Morgan fingerprint density at radius 2 is 1.56 bits per heavy atom. The minimum absolute atomic E-state index is 0. The van der Waals surface area contributed by atoms with E-state index in [9.17, 15) is 0 Å². The maximum Gasteiger partial charge on any atom is 2.00 e. The predicted octanol–water partition coefficient (Wildman–Crippen LogP) is 0.457. The fourth-order valence-electron chi connectivity index (χ4n) is 0.952. The molecule has 0 amide bonds. The van der Waals surface area contributed by atoms with Crippen LogP contribution in [0.5, 0.6) is 0 Å². The molecule has 0 aliphatic carbocycles. The van der Waals surface area contributed by atoms with Gasteiger partial charge in [0.1, 0.15) is 0 Å². The van der Waals surface area contributed by atoms with Gasteiger partial charge in [0.2, 0.25) is 0 Å². The summed E-state index contributed by atoms with van der Waals surface area (Å²) in [6.07, 6.45) is 2.56. The van der Waals surface area contributed by atoms with E-state index in [0.29, 0.717) is 0 Å². The second-order valence-corrected chi connectivity index (χ2v) is 3.24. The first-order valence-corrected chi connectivity index (χ1v) is 3.80. The quantitative estimate of drug-likeness (QED) is 0.458. The number of hydrogen-bond donors (Lipinski definition) is 0. The summed E-state index contributed by atoms with van der Waals surface area (Å²) in [7, 11) is 0. The molecule has 1 radical (unpaired) electrons. The molecule has 1 aliphatic rings. The van der Waals surface area contributed by atoms with Crippen LogP contribution in [-0.4, -0.2) is 22.7 Å². The van der Waals surface area contributed by atoms with Gasteiger partial charge >= 0.3 is 17.1 Å². The molecule has 0 bridgehead atoms. The van der Waals surface area contributed by atoms with E-state index in [4.69, 9.17) is 25.3 Å². The molecule has 0 atom stereocenters. The fraction of sp³-hybridized carbons (Fsp3) is 1.00. The molecular weight excluding hydrogens is 202 g/mol. The Labute approximate surface area is 77.9 Å². The van der Waals surface area contributed by atoms with Crippen molar-refractivity contribution in [2.45, 2.75) is 17.5 Å². The summed E-state index contributed by atoms with van der Waals surface area (Å²) in [5.74, 6) is 0. The van der Waals surface area contributed by atoms with Crippen molar-refractivity contribution in [2.75, 3.05) is 13.1 Å². The van der Waals surface area contributed by atoms with Crippen LogP contribution < -0.4 is 0 Å². The van der Waals surface area contributed by atoms with Crippen LogP contribution in [0.3, 0.4) is 0 Å². The van der Waals surface area contributed by atoms with E-state index < -0.39 is 0 Å². The largest absolute Gasteiger partial charge is 2.00 e. The van der Waals surface area contributed by atoms with Gasteiger partial charge in [-0.25, -0.2) is 4.71 Å². The first kappa shape index (κ1) is 10.2. The summed E-state index contributed by atoms with van der Waals surface area (Å²) in [6.45, 7) is 2.25. The number of likely N-dealkylation sites (tertiary alicyclic amines) is 1. The van der Waals surface area contributed by atoms with Crippen molar-refractivity contribution in [3.63, 3.8) is 0 Å². The van der Waals surface area contributed by atoms with Gasteiger partial charge in [-0.15, -0.1) is 0 Å². The Morgan fingerprint density at radius 1 is 1.11 bits per heavy atom. The molecule has 1 fully saturated rings. The average molecular weight is 211 g/mol. The van der Waals surface area contributed by atoms with Gasteiger partial charge in [0.05, 0.1) is 0 Å².